The topological polar surface area (TPSA) is 52.7 Å². The maximum Gasteiger partial charge on any atom is 0.242 e. The summed E-state index contributed by atoms with van der Waals surface area (Å²) < 4.78 is 0. The first-order chi connectivity index (χ1) is 11.0. The summed E-state index contributed by atoms with van der Waals surface area (Å²) in [6, 6.07) is 6.39. The van der Waals surface area contributed by atoms with E-state index in [4.69, 9.17) is 0 Å². The Kier molecular flexibility index (Phi) is 6.02. The Morgan fingerprint density at radius 3 is 2.87 bits per heavy atom. The van der Waals surface area contributed by atoms with Crippen LogP contribution < -0.4 is 10.2 Å². The third-order valence-electron chi connectivity index (χ3n) is 4.15. The molecule has 0 unspecified atom stereocenters. The highest BCUT2D eigenvalue weighted by atomic mass is 16.2. The minimum atomic E-state index is -0.0997. The largest absolute Gasteiger partial charge is 0.362 e. The van der Waals surface area contributed by atoms with Gasteiger partial charge in [0.1, 0.15) is 0 Å². The summed E-state index contributed by atoms with van der Waals surface area (Å²) in [5.41, 5.74) is 3.72. The minimum Gasteiger partial charge on any atom is -0.362 e. The number of fused-ring (bicyclic) bond motifs is 1. The molecule has 1 heterocycles. The molecule has 1 aliphatic heterocycles. The zero-order chi connectivity index (χ0) is 16.8. The Labute approximate surface area is 138 Å². The van der Waals surface area contributed by atoms with Gasteiger partial charge in [-0.15, -0.1) is 0 Å². The minimum absolute atomic E-state index is 0.0231. The van der Waals surface area contributed by atoms with Gasteiger partial charge in [-0.2, -0.15) is 0 Å². The Morgan fingerprint density at radius 2 is 2.13 bits per heavy atom. The number of amides is 2. The number of nitrogens with one attached hydrogen (secondary N) is 1. The predicted octanol–water partition coefficient (Wildman–Crippen LogP) is 1.73. The molecule has 5 heteroatoms. The van der Waals surface area contributed by atoms with Crippen molar-refractivity contribution in [2.75, 3.05) is 38.1 Å². The summed E-state index contributed by atoms with van der Waals surface area (Å²) >= 11 is 0. The average molecular weight is 317 g/mol. The fraction of sp³-hybridized carbons (Fsp3) is 0.556. The van der Waals surface area contributed by atoms with Crippen LogP contribution in [0.4, 0.5) is 5.69 Å². The molecule has 1 aliphatic rings. The van der Waals surface area contributed by atoms with Gasteiger partial charge in [-0.3, -0.25) is 9.59 Å². The zero-order valence-corrected chi connectivity index (χ0v) is 14.4. The highest BCUT2D eigenvalue weighted by molar-refractivity contribution is 5.87. The first kappa shape index (κ1) is 17.3. The van der Waals surface area contributed by atoms with E-state index in [-0.39, 0.29) is 18.4 Å². The van der Waals surface area contributed by atoms with Crippen molar-refractivity contribution in [1.29, 1.82) is 0 Å². The van der Waals surface area contributed by atoms with Crippen LogP contribution in [-0.2, 0) is 16.0 Å². The lowest BCUT2D eigenvalue weighted by Gasteiger charge is -2.32. The number of nitrogens with zero attached hydrogens (tertiary/aromatic N) is 2. The molecule has 1 N–H and O–H groups in total. The van der Waals surface area contributed by atoms with Gasteiger partial charge in [0.05, 0.1) is 13.1 Å². The number of hydrogen-bond acceptors (Lipinski definition) is 3. The SMILES string of the molecule is CCCNC(=O)CN(C)C(=O)CN1CCCc2cc(C)ccc21. The smallest absolute Gasteiger partial charge is 0.242 e. The molecule has 0 saturated heterocycles. The Morgan fingerprint density at radius 1 is 1.35 bits per heavy atom. The van der Waals surface area contributed by atoms with Crippen molar-refractivity contribution in [2.45, 2.75) is 33.1 Å². The summed E-state index contributed by atoms with van der Waals surface area (Å²) in [5, 5.41) is 2.80. The van der Waals surface area contributed by atoms with Crippen molar-refractivity contribution in [3.05, 3.63) is 29.3 Å². The van der Waals surface area contributed by atoms with E-state index in [2.05, 4.69) is 35.3 Å². The number of rotatable bonds is 6. The van der Waals surface area contributed by atoms with Crippen molar-refractivity contribution in [3.8, 4) is 0 Å². The van der Waals surface area contributed by atoms with E-state index in [1.165, 1.54) is 16.0 Å². The normalized spacial score (nSPS) is 13.4. The fourth-order valence-corrected chi connectivity index (χ4v) is 2.88. The van der Waals surface area contributed by atoms with Crippen LogP contribution in [0, 0.1) is 6.92 Å². The average Bonchev–Trinajstić information content (AvgIpc) is 2.52. The molecular formula is C18H27N3O2. The number of anilines is 1. The second kappa shape index (κ2) is 7.99. The molecule has 0 radical (unpaired) electrons. The van der Waals surface area contributed by atoms with Crippen LogP contribution >= 0.6 is 0 Å². The van der Waals surface area contributed by atoms with Gasteiger partial charge in [0.15, 0.2) is 0 Å². The zero-order valence-electron chi connectivity index (χ0n) is 14.4. The molecule has 0 spiro atoms. The second-order valence-electron chi connectivity index (χ2n) is 6.26. The molecule has 0 saturated carbocycles. The molecule has 1 aromatic carbocycles. The first-order valence-electron chi connectivity index (χ1n) is 8.36. The van der Waals surface area contributed by atoms with Gasteiger partial charge in [-0.1, -0.05) is 24.6 Å². The number of likely N-dealkylation sites (N-methyl/N-ethyl adjacent to an activating group) is 1. The van der Waals surface area contributed by atoms with Crippen LogP contribution in [-0.4, -0.2) is 49.9 Å². The Balaban J connectivity index is 1.94. The van der Waals surface area contributed by atoms with Gasteiger partial charge < -0.3 is 15.1 Å². The summed E-state index contributed by atoms with van der Waals surface area (Å²) in [6.45, 7) is 6.08. The third kappa shape index (κ3) is 4.71. The molecule has 2 amide bonds. The monoisotopic (exact) mass is 317 g/mol. The van der Waals surface area contributed by atoms with Gasteiger partial charge >= 0.3 is 0 Å². The van der Waals surface area contributed by atoms with Crippen LogP contribution in [0.25, 0.3) is 0 Å². The summed E-state index contributed by atoms with van der Waals surface area (Å²) in [6.07, 6.45) is 3.02. The van der Waals surface area contributed by atoms with Gasteiger partial charge in [0.2, 0.25) is 11.8 Å². The molecule has 0 aromatic heterocycles. The van der Waals surface area contributed by atoms with Crippen molar-refractivity contribution in [2.24, 2.45) is 0 Å². The third-order valence-corrected chi connectivity index (χ3v) is 4.15. The van der Waals surface area contributed by atoms with Gasteiger partial charge in [0, 0.05) is 25.8 Å². The van der Waals surface area contributed by atoms with Gasteiger partial charge in [-0.25, -0.2) is 0 Å². The highest BCUT2D eigenvalue weighted by Gasteiger charge is 2.21. The molecule has 23 heavy (non-hydrogen) atoms. The number of benzene rings is 1. The van der Waals surface area contributed by atoms with E-state index < -0.39 is 0 Å². The molecule has 126 valence electrons. The fourth-order valence-electron chi connectivity index (χ4n) is 2.88. The number of hydrogen-bond donors (Lipinski definition) is 1. The van der Waals surface area contributed by atoms with Crippen molar-refractivity contribution >= 4 is 17.5 Å². The maximum absolute atomic E-state index is 12.4. The molecule has 5 nitrogen and oxygen atoms in total. The van der Waals surface area contributed by atoms with E-state index in [0.29, 0.717) is 13.1 Å². The van der Waals surface area contributed by atoms with E-state index in [1.807, 2.05) is 6.92 Å². The van der Waals surface area contributed by atoms with E-state index in [1.54, 1.807) is 7.05 Å². The van der Waals surface area contributed by atoms with Crippen LogP contribution in [0.5, 0.6) is 0 Å². The van der Waals surface area contributed by atoms with Crippen LogP contribution in [0.1, 0.15) is 30.9 Å². The lowest BCUT2D eigenvalue weighted by atomic mass is 9.99. The highest BCUT2D eigenvalue weighted by Crippen LogP contribution is 2.27. The standard InChI is InChI=1S/C18H27N3O2/c1-4-9-19-17(22)12-20(3)18(23)13-21-10-5-6-15-11-14(2)7-8-16(15)21/h7-8,11H,4-6,9-10,12-13H2,1-3H3,(H,19,22). The lowest BCUT2D eigenvalue weighted by molar-refractivity contribution is -0.133. The van der Waals surface area contributed by atoms with Gasteiger partial charge in [0.25, 0.3) is 0 Å². The molecule has 0 bridgehead atoms. The summed E-state index contributed by atoms with van der Waals surface area (Å²) in [7, 11) is 1.69. The molecule has 0 fully saturated rings. The van der Waals surface area contributed by atoms with E-state index in [0.717, 1.165) is 31.5 Å². The predicted molar refractivity (Wildman–Crippen MR) is 92.7 cm³/mol. The molecule has 1 aromatic rings. The van der Waals surface area contributed by atoms with E-state index >= 15 is 0 Å². The molecule has 2 rings (SSSR count). The summed E-state index contributed by atoms with van der Waals surface area (Å²) in [5.74, 6) is -0.123. The van der Waals surface area contributed by atoms with Crippen molar-refractivity contribution in [3.63, 3.8) is 0 Å². The van der Waals surface area contributed by atoms with Crippen molar-refractivity contribution in [1.82, 2.24) is 10.2 Å². The van der Waals surface area contributed by atoms with Crippen LogP contribution in [0.15, 0.2) is 18.2 Å². The Hall–Kier alpha value is -2.04. The quantitative estimate of drug-likeness (QED) is 0.869. The Bertz CT molecular complexity index is 571. The van der Waals surface area contributed by atoms with Gasteiger partial charge in [-0.05, 0) is 37.8 Å². The lowest BCUT2D eigenvalue weighted by Crippen LogP contribution is -2.44. The summed E-state index contributed by atoms with van der Waals surface area (Å²) in [4.78, 5) is 27.8. The molecule has 0 atom stereocenters. The maximum atomic E-state index is 12.4. The molecule has 0 aliphatic carbocycles. The van der Waals surface area contributed by atoms with Crippen LogP contribution in [0.3, 0.4) is 0 Å². The number of aryl methyl sites for hydroxylation is 2. The van der Waals surface area contributed by atoms with Crippen LogP contribution in [0.2, 0.25) is 0 Å². The first-order valence-corrected chi connectivity index (χ1v) is 8.36. The molecular weight excluding hydrogens is 290 g/mol. The number of carbonyl (C=O) groups is 2. The second-order valence-corrected chi connectivity index (χ2v) is 6.26. The number of carbonyl (C=O) groups excluding carboxylic acids is 2. The van der Waals surface area contributed by atoms with E-state index in [9.17, 15) is 9.59 Å². The van der Waals surface area contributed by atoms with Crippen molar-refractivity contribution < 1.29 is 9.59 Å².